The van der Waals surface area contributed by atoms with E-state index in [-0.39, 0.29) is 11.4 Å². The smallest absolute Gasteiger partial charge is 0.333 e. The van der Waals surface area contributed by atoms with Gasteiger partial charge in [-0.25, -0.2) is 4.79 Å². The average Bonchev–Trinajstić information content (AvgIpc) is 2.23. The van der Waals surface area contributed by atoms with Crippen LogP contribution in [0, 0.1) is 17.3 Å². The number of ether oxygens (including phenoxy) is 1. The van der Waals surface area contributed by atoms with E-state index in [2.05, 4.69) is 6.58 Å². The van der Waals surface area contributed by atoms with Gasteiger partial charge in [0.25, 0.3) is 0 Å². The summed E-state index contributed by atoms with van der Waals surface area (Å²) in [5.41, 5.74) is -0.125. The van der Waals surface area contributed by atoms with E-state index >= 15 is 0 Å². The molecule has 0 aromatic heterocycles. The van der Waals surface area contributed by atoms with Gasteiger partial charge in [-0.1, -0.05) is 6.58 Å². The number of hydrogen-bond acceptors (Lipinski definition) is 3. The highest BCUT2D eigenvalue weighted by atomic mass is 16.5. The van der Waals surface area contributed by atoms with E-state index in [0.29, 0.717) is 23.8 Å². The molecule has 17 heavy (non-hydrogen) atoms. The van der Waals surface area contributed by atoms with Crippen molar-refractivity contribution in [3.8, 4) is 0 Å². The number of rotatable bonds is 2. The first-order valence-corrected chi connectivity index (χ1v) is 6.46. The molecule has 0 heterocycles. The molecule has 4 rings (SSSR count). The van der Waals surface area contributed by atoms with Gasteiger partial charge in [0, 0.05) is 11.0 Å². The van der Waals surface area contributed by atoms with Crippen molar-refractivity contribution >= 4 is 5.97 Å². The lowest BCUT2D eigenvalue weighted by Crippen LogP contribution is -2.56. The van der Waals surface area contributed by atoms with Crippen LogP contribution in [0.25, 0.3) is 0 Å². The van der Waals surface area contributed by atoms with E-state index in [1.807, 2.05) is 0 Å². The standard InChI is InChI=1S/C14H20O3/c1-9(12(15)17-2)13-4-10-3-11(5-13)7-14(16,6-10)8-13/h10-11,16H,1,3-8H2,2H3. The van der Waals surface area contributed by atoms with Crippen LogP contribution < -0.4 is 0 Å². The lowest BCUT2D eigenvalue weighted by molar-refractivity contribution is -0.159. The highest BCUT2D eigenvalue weighted by Crippen LogP contribution is 2.63. The zero-order valence-corrected chi connectivity index (χ0v) is 10.4. The second kappa shape index (κ2) is 3.35. The third-order valence-electron chi connectivity index (χ3n) is 5.10. The Morgan fingerprint density at radius 2 is 1.88 bits per heavy atom. The van der Waals surface area contributed by atoms with Crippen molar-refractivity contribution in [2.24, 2.45) is 17.3 Å². The fraction of sp³-hybridized carbons (Fsp3) is 0.786. The van der Waals surface area contributed by atoms with E-state index in [1.54, 1.807) is 0 Å². The normalized spacial score (nSPS) is 46.9. The van der Waals surface area contributed by atoms with E-state index in [0.717, 1.165) is 25.7 Å². The van der Waals surface area contributed by atoms with Crippen LogP contribution in [0.4, 0.5) is 0 Å². The first-order valence-electron chi connectivity index (χ1n) is 6.46. The van der Waals surface area contributed by atoms with Crippen molar-refractivity contribution in [2.45, 2.75) is 44.1 Å². The number of hydrogen-bond donors (Lipinski definition) is 1. The summed E-state index contributed by atoms with van der Waals surface area (Å²) < 4.78 is 4.81. The Bertz CT molecular complexity index is 371. The molecular weight excluding hydrogens is 216 g/mol. The first-order chi connectivity index (χ1) is 7.96. The summed E-state index contributed by atoms with van der Waals surface area (Å²) >= 11 is 0. The Hall–Kier alpha value is -0.830. The van der Waals surface area contributed by atoms with Crippen molar-refractivity contribution in [1.82, 2.24) is 0 Å². The summed E-state index contributed by atoms with van der Waals surface area (Å²) in [5, 5.41) is 10.6. The van der Waals surface area contributed by atoms with Gasteiger partial charge in [0.1, 0.15) is 0 Å². The van der Waals surface area contributed by atoms with E-state index in [9.17, 15) is 9.90 Å². The van der Waals surface area contributed by atoms with E-state index in [1.165, 1.54) is 13.5 Å². The largest absolute Gasteiger partial charge is 0.466 e. The number of carbonyl (C=O) groups excluding carboxylic acids is 1. The molecule has 3 heteroatoms. The van der Waals surface area contributed by atoms with Gasteiger partial charge in [-0.15, -0.1) is 0 Å². The number of esters is 1. The van der Waals surface area contributed by atoms with Crippen molar-refractivity contribution in [1.29, 1.82) is 0 Å². The molecule has 0 amide bonds. The van der Waals surface area contributed by atoms with Crippen molar-refractivity contribution in [3.05, 3.63) is 12.2 Å². The van der Waals surface area contributed by atoms with Crippen LogP contribution in [-0.2, 0) is 9.53 Å². The molecule has 0 spiro atoms. The fourth-order valence-electron chi connectivity index (χ4n) is 4.91. The van der Waals surface area contributed by atoms with Crippen molar-refractivity contribution < 1.29 is 14.6 Å². The van der Waals surface area contributed by atoms with Gasteiger partial charge in [-0.3, -0.25) is 0 Å². The van der Waals surface area contributed by atoms with Crippen LogP contribution in [0.5, 0.6) is 0 Å². The monoisotopic (exact) mass is 236 g/mol. The molecule has 2 atom stereocenters. The summed E-state index contributed by atoms with van der Waals surface area (Å²) in [7, 11) is 1.41. The molecule has 0 radical (unpaired) electrons. The molecule has 1 N–H and O–H groups in total. The fourth-order valence-corrected chi connectivity index (χ4v) is 4.91. The van der Waals surface area contributed by atoms with Gasteiger partial charge in [-0.05, 0) is 50.4 Å². The van der Waals surface area contributed by atoms with Gasteiger partial charge in [0.15, 0.2) is 0 Å². The second-order valence-electron chi connectivity index (χ2n) is 6.44. The van der Waals surface area contributed by atoms with Crippen LogP contribution in [0.3, 0.4) is 0 Å². The quantitative estimate of drug-likeness (QED) is 0.589. The van der Waals surface area contributed by atoms with Gasteiger partial charge in [0.05, 0.1) is 12.7 Å². The molecule has 4 fully saturated rings. The molecule has 3 nitrogen and oxygen atoms in total. The maximum atomic E-state index is 11.7. The number of methoxy groups -OCH3 is 1. The number of aliphatic hydroxyl groups is 1. The zero-order chi connectivity index (χ0) is 12.3. The van der Waals surface area contributed by atoms with Crippen molar-refractivity contribution in [3.63, 3.8) is 0 Å². The summed E-state index contributed by atoms with van der Waals surface area (Å²) in [5.74, 6) is 0.848. The maximum absolute atomic E-state index is 11.7. The van der Waals surface area contributed by atoms with Gasteiger partial charge >= 0.3 is 5.97 Å². The van der Waals surface area contributed by atoms with E-state index in [4.69, 9.17) is 4.74 Å². The highest BCUT2D eigenvalue weighted by Gasteiger charge is 2.59. The maximum Gasteiger partial charge on any atom is 0.333 e. The molecule has 0 aromatic rings. The number of carbonyl (C=O) groups is 1. The van der Waals surface area contributed by atoms with Crippen LogP contribution in [-0.4, -0.2) is 23.8 Å². The molecule has 0 saturated heterocycles. The molecule has 4 saturated carbocycles. The first kappa shape index (κ1) is 11.3. The lowest BCUT2D eigenvalue weighted by Gasteiger charge is -2.60. The summed E-state index contributed by atoms with van der Waals surface area (Å²) in [6, 6.07) is 0. The highest BCUT2D eigenvalue weighted by molar-refractivity contribution is 5.89. The summed E-state index contributed by atoms with van der Waals surface area (Å²) in [6.07, 6.45) is 5.79. The molecule has 2 unspecified atom stereocenters. The van der Waals surface area contributed by atoms with Gasteiger partial charge in [-0.2, -0.15) is 0 Å². The minimum absolute atomic E-state index is 0.175. The molecule has 4 aliphatic carbocycles. The molecule has 0 aliphatic heterocycles. The predicted molar refractivity (Wildman–Crippen MR) is 63.2 cm³/mol. The Morgan fingerprint density at radius 1 is 1.29 bits per heavy atom. The lowest BCUT2D eigenvalue weighted by atomic mass is 9.46. The molecular formula is C14H20O3. The SMILES string of the molecule is C=C(C(=O)OC)C12CC3CC(CC(O)(C3)C1)C2. The zero-order valence-electron chi connectivity index (χ0n) is 10.4. The summed E-state index contributed by atoms with van der Waals surface area (Å²) in [6.45, 7) is 3.96. The van der Waals surface area contributed by atoms with Crippen molar-refractivity contribution in [2.75, 3.05) is 7.11 Å². The van der Waals surface area contributed by atoms with Gasteiger partial charge < -0.3 is 9.84 Å². The molecule has 4 aliphatic rings. The Balaban J connectivity index is 1.93. The van der Waals surface area contributed by atoms with Gasteiger partial charge in [0.2, 0.25) is 0 Å². The molecule has 4 bridgehead atoms. The third kappa shape index (κ3) is 1.55. The predicted octanol–water partition coefficient (Wildman–Crippen LogP) is 2.05. The summed E-state index contributed by atoms with van der Waals surface area (Å²) in [4.78, 5) is 11.7. The Morgan fingerprint density at radius 3 is 2.35 bits per heavy atom. The van der Waals surface area contributed by atoms with E-state index < -0.39 is 5.60 Å². The third-order valence-corrected chi connectivity index (χ3v) is 5.10. The van der Waals surface area contributed by atoms with Crippen LogP contribution >= 0.6 is 0 Å². The molecule has 94 valence electrons. The molecule has 0 aromatic carbocycles. The Kier molecular flexibility index (Phi) is 2.22. The minimum Gasteiger partial charge on any atom is -0.466 e. The van der Waals surface area contributed by atoms with Crippen LogP contribution in [0.1, 0.15) is 38.5 Å². The Labute approximate surface area is 102 Å². The topological polar surface area (TPSA) is 46.5 Å². The van der Waals surface area contributed by atoms with Crippen LogP contribution in [0.15, 0.2) is 12.2 Å². The second-order valence-corrected chi connectivity index (χ2v) is 6.44. The van der Waals surface area contributed by atoms with Crippen LogP contribution in [0.2, 0.25) is 0 Å². The average molecular weight is 236 g/mol. The minimum atomic E-state index is -0.541.